The van der Waals surface area contributed by atoms with Crippen LogP contribution in [-0.4, -0.2) is 38.2 Å². The van der Waals surface area contributed by atoms with Crippen LogP contribution in [0.15, 0.2) is 54.6 Å². The van der Waals surface area contributed by atoms with Gasteiger partial charge in [0.05, 0.1) is 11.3 Å². The Bertz CT molecular complexity index is 719. The fourth-order valence-corrected chi connectivity index (χ4v) is 2.29. The number of carbonyl (C=O) groups excluding carboxylic acids is 2. The third-order valence-corrected chi connectivity index (χ3v) is 3.67. The summed E-state index contributed by atoms with van der Waals surface area (Å²) in [5.74, 6) is 0.0430. The summed E-state index contributed by atoms with van der Waals surface area (Å²) in [6.45, 7) is 2.74. The van der Waals surface area contributed by atoms with Crippen molar-refractivity contribution >= 4 is 17.5 Å². The summed E-state index contributed by atoms with van der Waals surface area (Å²) in [7, 11) is 1.62. The summed E-state index contributed by atoms with van der Waals surface area (Å²) < 4.78 is 10.6. The molecule has 138 valence electrons. The molecule has 2 aromatic carbocycles. The lowest BCUT2D eigenvalue weighted by molar-refractivity contribution is -0.122. The summed E-state index contributed by atoms with van der Waals surface area (Å²) in [6.07, 6.45) is 0.0221. The van der Waals surface area contributed by atoms with Gasteiger partial charge in [0.1, 0.15) is 5.75 Å². The average molecular weight is 356 g/mol. The van der Waals surface area contributed by atoms with Crippen LogP contribution in [0.1, 0.15) is 23.7 Å². The fraction of sp³-hybridized carbons (Fsp3) is 0.300. The van der Waals surface area contributed by atoms with Crippen LogP contribution in [0.25, 0.3) is 0 Å². The highest BCUT2D eigenvalue weighted by Gasteiger charge is 2.18. The van der Waals surface area contributed by atoms with Crippen molar-refractivity contribution in [1.29, 1.82) is 0 Å². The second-order valence-corrected chi connectivity index (χ2v) is 5.71. The van der Waals surface area contributed by atoms with Crippen molar-refractivity contribution < 1.29 is 19.1 Å². The van der Waals surface area contributed by atoms with Crippen molar-refractivity contribution in [2.45, 2.75) is 19.4 Å². The Morgan fingerprint density at radius 1 is 1.04 bits per heavy atom. The molecule has 2 aromatic rings. The number of nitrogens with one attached hydrogen (secondary N) is 2. The van der Waals surface area contributed by atoms with Crippen molar-refractivity contribution in [2.24, 2.45) is 0 Å². The molecule has 2 rings (SSSR count). The summed E-state index contributed by atoms with van der Waals surface area (Å²) in [5, 5.41) is 5.58. The van der Waals surface area contributed by atoms with Crippen molar-refractivity contribution in [2.75, 3.05) is 25.6 Å². The number of methoxy groups -OCH3 is 1. The van der Waals surface area contributed by atoms with E-state index >= 15 is 0 Å². The zero-order valence-electron chi connectivity index (χ0n) is 15.0. The number of rotatable bonds is 9. The van der Waals surface area contributed by atoms with Crippen LogP contribution < -0.4 is 15.4 Å². The molecule has 0 radical (unpaired) electrons. The SMILES string of the molecule is COCCCNC(=O)c1ccccc1NC(=O)C(C)Oc1ccccc1. The third kappa shape index (κ3) is 5.89. The number of benzene rings is 2. The first-order valence-corrected chi connectivity index (χ1v) is 8.50. The van der Waals surface area contributed by atoms with Gasteiger partial charge in [-0.05, 0) is 37.6 Å². The normalized spacial score (nSPS) is 11.5. The Labute approximate surface area is 153 Å². The Kier molecular flexibility index (Phi) is 7.64. The molecular weight excluding hydrogens is 332 g/mol. The average Bonchev–Trinajstić information content (AvgIpc) is 2.66. The molecule has 0 aliphatic carbocycles. The van der Waals surface area contributed by atoms with Crippen LogP contribution in [0.2, 0.25) is 0 Å². The minimum Gasteiger partial charge on any atom is -0.481 e. The van der Waals surface area contributed by atoms with Gasteiger partial charge in [-0.25, -0.2) is 0 Å². The molecule has 6 heteroatoms. The predicted octanol–water partition coefficient (Wildman–Crippen LogP) is 2.86. The van der Waals surface area contributed by atoms with E-state index in [9.17, 15) is 9.59 Å². The van der Waals surface area contributed by atoms with Gasteiger partial charge < -0.3 is 20.1 Å². The first-order chi connectivity index (χ1) is 12.6. The second-order valence-electron chi connectivity index (χ2n) is 5.71. The molecular formula is C20H24N2O4. The molecule has 1 unspecified atom stereocenters. The van der Waals surface area contributed by atoms with E-state index in [1.807, 2.05) is 18.2 Å². The van der Waals surface area contributed by atoms with Gasteiger partial charge in [0.2, 0.25) is 0 Å². The molecule has 6 nitrogen and oxygen atoms in total. The highest BCUT2D eigenvalue weighted by Crippen LogP contribution is 2.17. The predicted molar refractivity (Wildman–Crippen MR) is 100 cm³/mol. The first kappa shape index (κ1) is 19.5. The van der Waals surface area contributed by atoms with Crippen LogP contribution in [0.4, 0.5) is 5.69 Å². The molecule has 0 aliphatic heterocycles. The van der Waals surface area contributed by atoms with Crippen LogP contribution in [0.5, 0.6) is 5.75 Å². The lowest BCUT2D eigenvalue weighted by Gasteiger charge is -2.16. The van der Waals surface area contributed by atoms with E-state index in [0.717, 1.165) is 6.42 Å². The summed E-state index contributed by atoms with van der Waals surface area (Å²) >= 11 is 0. The van der Waals surface area contributed by atoms with Crippen LogP contribution in [0, 0.1) is 0 Å². The lowest BCUT2D eigenvalue weighted by Crippen LogP contribution is -2.32. The highest BCUT2D eigenvalue weighted by atomic mass is 16.5. The van der Waals surface area contributed by atoms with Gasteiger partial charge in [-0.15, -0.1) is 0 Å². The number of anilines is 1. The van der Waals surface area contributed by atoms with Gasteiger partial charge in [-0.3, -0.25) is 9.59 Å². The van der Waals surface area contributed by atoms with Gasteiger partial charge in [-0.1, -0.05) is 30.3 Å². The van der Waals surface area contributed by atoms with Crippen LogP contribution >= 0.6 is 0 Å². The zero-order chi connectivity index (χ0) is 18.8. The van der Waals surface area contributed by atoms with E-state index in [2.05, 4.69) is 10.6 Å². The Balaban J connectivity index is 1.98. The van der Waals surface area contributed by atoms with Gasteiger partial charge in [-0.2, -0.15) is 0 Å². The standard InChI is InChI=1S/C20H24N2O4/c1-15(26-16-9-4-3-5-10-16)19(23)22-18-12-7-6-11-17(18)20(24)21-13-8-14-25-2/h3-7,9-12,15H,8,13-14H2,1-2H3,(H,21,24)(H,22,23). The fourth-order valence-electron chi connectivity index (χ4n) is 2.29. The second kappa shape index (κ2) is 10.2. The molecule has 2 N–H and O–H groups in total. The number of ether oxygens (including phenoxy) is 2. The number of carbonyl (C=O) groups is 2. The minimum atomic E-state index is -0.699. The minimum absolute atomic E-state index is 0.242. The van der Waals surface area contributed by atoms with E-state index < -0.39 is 6.10 Å². The molecule has 2 amide bonds. The summed E-state index contributed by atoms with van der Waals surface area (Å²) in [5.41, 5.74) is 0.857. The van der Waals surface area contributed by atoms with E-state index in [1.54, 1.807) is 50.4 Å². The molecule has 0 bridgehead atoms. The molecule has 0 aromatic heterocycles. The smallest absolute Gasteiger partial charge is 0.265 e. The number of amides is 2. The van der Waals surface area contributed by atoms with E-state index in [-0.39, 0.29) is 11.8 Å². The number of hydrogen-bond donors (Lipinski definition) is 2. The summed E-state index contributed by atoms with van der Waals surface area (Å²) in [4.78, 5) is 24.7. The maximum atomic E-state index is 12.4. The molecule has 0 saturated heterocycles. The maximum absolute atomic E-state index is 12.4. The largest absolute Gasteiger partial charge is 0.481 e. The Morgan fingerprint density at radius 2 is 1.73 bits per heavy atom. The highest BCUT2D eigenvalue weighted by molar-refractivity contribution is 6.04. The topological polar surface area (TPSA) is 76.7 Å². The molecule has 0 saturated carbocycles. The Morgan fingerprint density at radius 3 is 2.46 bits per heavy atom. The number of para-hydroxylation sites is 2. The van der Waals surface area contributed by atoms with E-state index in [4.69, 9.17) is 9.47 Å². The Hall–Kier alpha value is -2.86. The quantitative estimate of drug-likeness (QED) is 0.678. The van der Waals surface area contributed by atoms with Crippen molar-refractivity contribution in [3.05, 3.63) is 60.2 Å². The van der Waals surface area contributed by atoms with Gasteiger partial charge in [0, 0.05) is 20.3 Å². The van der Waals surface area contributed by atoms with Crippen molar-refractivity contribution in [1.82, 2.24) is 5.32 Å². The monoisotopic (exact) mass is 356 g/mol. The molecule has 1 atom stereocenters. The molecule has 0 spiro atoms. The molecule has 0 heterocycles. The lowest BCUT2D eigenvalue weighted by atomic mass is 10.1. The van der Waals surface area contributed by atoms with Crippen LogP contribution in [-0.2, 0) is 9.53 Å². The maximum Gasteiger partial charge on any atom is 0.265 e. The first-order valence-electron chi connectivity index (χ1n) is 8.50. The van der Waals surface area contributed by atoms with Gasteiger partial charge >= 0.3 is 0 Å². The van der Waals surface area contributed by atoms with Crippen molar-refractivity contribution in [3.8, 4) is 5.75 Å². The third-order valence-electron chi connectivity index (χ3n) is 3.67. The van der Waals surface area contributed by atoms with Crippen LogP contribution in [0.3, 0.4) is 0 Å². The van der Waals surface area contributed by atoms with Gasteiger partial charge in [0.25, 0.3) is 11.8 Å². The van der Waals surface area contributed by atoms with Crippen molar-refractivity contribution in [3.63, 3.8) is 0 Å². The molecule has 26 heavy (non-hydrogen) atoms. The molecule has 0 aliphatic rings. The summed E-state index contributed by atoms with van der Waals surface area (Å²) in [6, 6.07) is 16.0. The zero-order valence-corrected chi connectivity index (χ0v) is 15.0. The molecule has 0 fully saturated rings. The van der Waals surface area contributed by atoms with E-state index in [0.29, 0.717) is 30.2 Å². The van der Waals surface area contributed by atoms with E-state index in [1.165, 1.54) is 0 Å². The number of hydrogen-bond acceptors (Lipinski definition) is 4. The van der Waals surface area contributed by atoms with Gasteiger partial charge in [0.15, 0.2) is 6.10 Å².